The van der Waals surface area contributed by atoms with Crippen LogP contribution >= 0.6 is 0 Å². The second kappa shape index (κ2) is 11.0. The van der Waals surface area contributed by atoms with Crippen LogP contribution in [0.4, 0.5) is 0 Å². The number of hydrogen-bond donors (Lipinski definition) is 1. The maximum Gasteiger partial charge on any atom is 0.254 e. The molecule has 186 valence electrons. The van der Waals surface area contributed by atoms with Gasteiger partial charge in [-0.25, -0.2) is 0 Å². The molecule has 2 fully saturated rings. The molecule has 2 aromatic rings. The first-order valence-electron chi connectivity index (χ1n) is 12.1. The molecule has 0 saturated carbocycles. The van der Waals surface area contributed by atoms with Gasteiger partial charge in [-0.05, 0) is 48.2 Å². The summed E-state index contributed by atoms with van der Waals surface area (Å²) in [6.45, 7) is 7.75. The molecule has 2 heterocycles. The highest BCUT2D eigenvalue weighted by atomic mass is 16.6. The summed E-state index contributed by atoms with van der Waals surface area (Å²) in [5, 5.41) is 13.2. The second-order valence-electron chi connectivity index (χ2n) is 9.23. The number of oxime groups is 1. The minimum absolute atomic E-state index is 0.0598. The van der Waals surface area contributed by atoms with E-state index in [4.69, 9.17) is 9.94 Å². The van der Waals surface area contributed by atoms with E-state index in [0.29, 0.717) is 50.4 Å². The van der Waals surface area contributed by atoms with E-state index in [2.05, 4.69) is 36.0 Å². The van der Waals surface area contributed by atoms with Crippen LogP contribution in [0.1, 0.15) is 27.9 Å². The Morgan fingerprint density at radius 2 is 1.69 bits per heavy atom. The summed E-state index contributed by atoms with van der Waals surface area (Å²) in [5.74, 6) is -0.243. The number of aliphatic hydroxyl groups excluding tert-OH is 1. The average molecular weight is 479 g/mol. The van der Waals surface area contributed by atoms with Crippen LogP contribution in [0.5, 0.6) is 0 Å². The van der Waals surface area contributed by atoms with Crippen molar-refractivity contribution in [3.8, 4) is 11.1 Å². The Labute approximate surface area is 206 Å². The fourth-order valence-corrected chi connectivity index (χ4v) is 5.09. The van der Waals surface area contributed by atoms with Crippen LogP contribution in [0.25, 0.3) is 11.1 Å². The van der Waals surface area contributed by atoms with Crippen LogP contribution in [-0.2, 0) is 9.63 Å². The van der Waals surface area contributed by atoms with E-state index in [-0.39, 0.29) is 25.0 Å². The van der Waals surface area contributed by atoms with Crippen LogP contribution in [0, 0.1) is 13.8 Å². The van der Waals surface area contributed by atoms with Gasteiger partial charge in [0, 0.05) is 44.7 Å². The van der Waals surface area contributed by atoms with E-state index < -0.39 is 6.04 Å². The van der Waals surface area contributed by atoms with Crippen molar-refractivity contribution in [1.82, 2.24) is 14.7 Å². The van der Waals surface area contributed by atoms with Crippen molar-refractivity contribution < 1.29 is 19.5 Å². The Balaban J connectivity index is 1.53. The number of likely N-dealkylation sites (tertiary alicyclic amines) is 1. The van der Waals surface area contributed by atoms with Gasteiger partial charge in [-0.2, -0.15) is 0 Å². The summed E-state index contributed by atoms with van der Waals surface area (Å²) in [6.07, 6.45) is 0.371. The zero-order valence-electron chi connectivity index (χ0n) is 20.7. The van der Waals surface area contributed by atoms with E-state index >= 15 is 0 Å². The number of carbonyl (C=O) groups is 2. The molecule has 0 radical (unpaired) electrons. The first-order chi connectivity index (χ1) is 16.9. The van der Waals surface area contributed by atoms with Crippen LogP contribution in [0.15, 0.2) is 47.6 Å². The number of amides is 2. The zero-order valence-corrected chi connectivity index (χ0v) is 20.7. The lowest BCUT2D eigenvalue weighted by atomic mass is 9.95. The van der Waals surface area contributed by atoms with E-state index in [0.717, 1.165) is 5.56 Å². The van der Waals surface area contributed by atoms with Gasteiger partial charge in [-0.3, -0.25) is 14.5 Å². The molecule has 1 N–H and O–H groups in total. The molecule has 2 aromatic carbocycles. The molecule has 8 nitrogen and oxygen atoms in total. The number of carbonyl (C=O) groups excluding carboxylic acids is 2. The molecule has 35 heavy (non-hydrogen) atoms. The van der Waals surface area contributed by atoms with Gasteiger partial charge in [0.2, 0.25) is 5.91 Å². The van der Waals surface area contributed by atoms with Gasteiger partial charge in [0.1, 0.15) is 13.2 Å². The number of hydrogen-bond acceptors (Lipinski definition) is 6. The van der Waals surface area contributed by atoms with Crippen molar-refractivity contribution in [1.29, 1.82) is 0 Å². The van der Waals surface area contributed by atoms with Crippen LogP contribution in [-0.4, -0.2) is 96.4 Å². The van der Waals surface area contributed by atoms with Gasteiger partial charge in [-0.1, -0.05) is 35.5 Å². The molecule has 1 atom stereocenters. The van der Waals surface area contributed by atoms with Crippen LogP contribution < -0.4 is 0 Å². The van der Waals surface area contributed by atoms with Crippen molar-refractivity contribution in [3.63, 3.8) is 0 Å². The van der Waals surface area contributed by atoms with Crippen LogP contribution in [0.2, 0.25) is 0 Å². The molecule has 4 rings (SSSR count). The number of aliphatic hydroxyl groups is 1. The molecule has 0 spiro atoms. The Morgan fingerprint density at radius 1 is 1.03 bits per heavy atom. The minimum atomic E-state index is -0.598. The molecule has 2 aliphatic heterocycles. The molecule has 0 aliphatic carbocycles. The molecule has 2 saturated heterocycles. The fourth-order valence-electron chi connectivity index (χ4n) is 5.09. The van der Waals surface area contributed by atoms with E-state index in [1.807, 2.05) is 35.2 Å². The van der Waals surface area contributed by atoms with Crippen LogP contribution in [0.3, 0.4) is 0 Å². The topological polar surface area (TPSA) is 85.7 Å². The van der Waals surface area contributed by atoms with Crippen molar-refractivity contribution in [2.45, 2.75) is 26.3 Å². The number of piperazine rings is 1. The zero-order chi connectivity index (χ0) is 24.9. The maximum atomic E-state index is 13.5. The Kier molecular flexibility index (Phi) is 7.83. The first-order valence-corrected chi connectivity index (χ1v) is 12.1. The lowest BCUT2D eigenvalue weighted by Crippen LogP contribution is -2.54. The largest absolute Gasteiger partial charge is 0.399 e. The van der Waals surface area contributed by atoms with Crippen molar-refractivity contribution in [3.05, 3.63) is 59.2 Å². The number of rotatable bonds is 6. The number of nitrogens with zero attached hydrogens (tertiary/aromatic N) is 4. The lowest BCUT2D eigenvalue weighted by Gasteiger charge is -2.37. The normalized spacial score (nSPS) is 19.9. The summed E-state index contributed by atoms with van der Waals surface area (Å²) in [6, 6.07) is 13.2. The molecule has 0 aromatic heterocycles. The predicted octanol–water partition coefficient (Wildman–Crippen LogP) is 2.32. The standard InChI is InChI=1S/C27H34N4O4/c1-19-5-4-6-20(2)25(19)21-7-9-22(10-8-21)26(33)31-18-23(28-35-3)17-24(31)27(34)30-13-11-29(12-14-30)15-16-32/h4-10,24,32H,11-18H2,1-3H3/t24-/m1/s1. The van der Waals surface area contributed by atoms with Gasteiger partial charge in [0.25, 0.3) is 5.91 Å². The lowest BCUT2D eigenvalue weighted by molar-refractivity contribution is -0.137. The summed E-state index contributed by atoms with van der Waals surface area (Å²) in [7, 11) is 1.47. The second-order valence-corrected chi connectivity index (χ2v) is 9.23. The van der Waals surface area contributed by atoms with Gasteiger partial charge in [0.15, 0.2) is 0 Å². The molecule has 0 bridgehead atoms. The third-order valence-corrected chi connectivity index (χ3v) is 6.93. The summed E-state index contributed by atoms with van der Waals surface area (Å²) >= 11 is 0. The smallest absolute Gasteiger partial charge is 0.254 e. The van der Waals surface area contributed by atoms with Crippen molar-refractivity contribution in [2.24, 2.45) is 5.16 Å². The van der Waals surface area contributed by atoms with Gasteiger partial charge < -0.3 is 19.7 Å². The fraction of sp³-hybridized carbons (Fsp3) is 0.444. The SMILES string of the molecule is CON=C1C[C@H](C(=O)N2CCN(CCO)CC2)N(C(=O)c2ccc(-c3c(C)cccc3C)cc2)C1. The molecular formula is C27H34N4O4. The molecule has 8 heteroatoms. The summed E-state index contributed by atoms with van der Waals surface area (Å²) in [4.78, 5) is 37.5. The maximum absolute atomic E-state index is 13.5. The number of β-amino-alcohol motifs (C(OH)–C–C–N with tert-alkyl or cyclic N) is 1. The minimum Gasteiger partial charge on any atom is -0.399 e. The van der Waals surface area contributed by atoms with Gasteiger partial charge in [0.05, 0.1) is 18.9 Å². The molecule has 2 aliphatic rings. The highest BCUT2D eigenvalue weighted by molar-refractivity contribution is 6.05. The number of benzene rings is 2. The molecular weight excluding hydrogens is 444 g/mol. The summed E-state index contributed by atoms with van der Waals surface area (Å²) < 4.78 is 0. The average Bonchev–Trinajstić information content (AvgIpc) is 3.28. The van der Waals surface area contributed by atoms with Crippen molar-refractivity contribution in [2.75, 3.05) is 53.0 Å². The van der Waals surface area contributed by atoms with E-state index in [9.17, 15) is 9.59 Å². The molecule has 2 amide bonds. The third-order valence-electron chi connectivity index (χ3n) is 6.93. The Bertz CT molecular complexity index is 1070. The Morgan fingerprint density at radius 3 is 2.29 bits per heavy atom. The highest BCUT2D eigenvalue weighted by Crippen LogP contribution is 2.28. The first kappa shape index (κ1) is 24.9. The Hall–Kier alpha value is -3.23. The quantitative estimate of drug-likeness (QED) is 0.644. The predicted molar refractivity (Wildman–Crippen MR) is 135 cm³/mol. The number of aryl methyl sites for hydroxylation is 2. The van der Waals surface area contributed by atoms with Gasteiger partial charge in [-0.15, -0.1) is 0 Å². The highest BCUT2D eigenvalue weighted by Gasteiger charge is 2.41. The molecule has 0 unspecified atom stereocenters. The summed E-state index contributed by atoms with van der Waals surface area (Å²) in [5.41, 5.74) is 5.85. The van der Waals surface area contributed by atoms with E-state index in [1.54, 1.807) is 4.90 Å². The third kappa shape index (κ3) is 5.39. The monoisotopic (exact) mass is 478 g/mol. The van der Waals surface area contributed by atoms with Gasteiger partial charge >= 0.3 is 0 Å². The van der Waals surface area contributed by atoms with E-state index in [1.165, 1.54) is 23.8 Å². The van der Waals surface area contributed by atoms with Crippen molar-refractivity contribution >= 4 is 17.5 Å².